The third-order valence-corrected chi connectivity index (χ3v) is 2.35. The SMILES string of the molecule is CCCC(C(=O)OCC)c1ccccc1.Cl. The lowest BCUT2D eigenvalue weighted by atomic mass is 9.95. The fraction of sp³-hybridized carbons (Fsp3) is 0.462. The number of benzene rings is 1. The molecular formula is C13H19ClO2. The summed E-state index contributed by atoms with van der Waals surface area (Å²) in [5, 5.41) is 0. The molecule has 0 saturated carbocycles. The predicted octanol–water partition coefficient (Wildman–Crippen LogP) is 3.56. The lowest BCUT2D eigenvalue weighted by Gasteiger charge is -2.14. The quantitative estimate of drug-likeness (QED) is 0.738. The molecule has 1 atom stereocenters. The first-order valence-corrected chi connectivity index (χ1v) is 5.51. The fourth-order valence-corrected chi connectivity index (χ4v) is 1.64. The van der Waals surface area contributed by atoms with Crippen LogP contribution in [0.25, 0.3) is 0 Å². The van der Waals surface area contributed by atoms with Crippen molar-refractivity contribution in [3.8, 4) is 0 Å². The van der Waals surface area contributed by atoms with E-state index in [4.69, 9.17) is 4.74 Å². The zero-order chi connectivity index (χ0) is 11.1. The predicted molar refractivity (Wildman–Crippen MR) is 68.0 cm³/mol. The van der Waals surface area contributed by atoms with E-state index >= 15 is 0 Å². The van der Waals surface area contributed by atoms with Crippen LogP contribution in [-0.2, 0) is 9.53 Å². The van der Waals surface area contributed by atoms with E-state index in [0.29, 0.717) is 6.61 Å². The Morgan fingerprint density at radius 2 is 1.88 bits per heavy atom. The zero-order valence-corrected chi connectivity index (χ0v) is 10.6. The molecular weight excluding hydrogens is 224 g/mol. The van der Waals surface area contributed by atoms with Gasteiger partial charge >= 0.3 is 5.97 Å². The van der Waals surface area contributed by atoms with Gasteiger partial charge in [0.1, 0.15) is 0 Å². The van der Waals surface area contributed by atoms with Crippen molar-refractivity contribution in [1.82, 2.24) is 0 Å². The van der Waals surface area contributed by atoms with E-state index in [1.54, 1.807) is 0 Å². The summed E-state index contributed by atoms with van der Waals surface area (Å²) < 4.78 is 5.07. The summed E-state index contributed by atoms with van der Waals surface area (Å²) in [6.45, 7) is 4.37. The zero-order valence-electron chi connectivity index (χ0n) is 9.81. The molecule has 0 aromatic heterocycles. The van der Waals surface area contributed by atoms with Crippen molar-refractivity contribution in [2.45, 2.75) is 32.6 Å². The van der Waals surface area contributed by atoms with Crippen molar-refractivity contribution in [2.24, 2.45) is 0 Å². The maximum Gasteiger partial charge on any atom is 0.313 e. The van der Waals surface area contributed by atoms with Gasteiger partial charge < -0.3 is 4.74 Å². The van der Waals surface area contributed by atoms with Crippen LogP contribution in [-0.4, -0.2) is 12.6 Å². The Balaban J connectivity index is 0.00000225. The number of carbonyl (C=O) groups is 1. The van der Waals surface area contributed by atoms with Crippen LogP contribution >= 0.6 is 12.4 Å². The molecule has 0 aliphatic heterocycles. The Labute approximate surface area is 103 Å². The molecule has 0 N–H and O–H groups in total. The fourth-order valence-electron chi connectivity index (χ4n) is 1.64. The third kappa shape index (κ3) is 4.23. The summed E-state index contributed by atoms with van der Waals surface area (Å²) in [5.41, 5.74) is 1.05. The highest BCUT2D eigenvalue weighted by Crippen LogP contribution is 2.22. The Kier molecular flexibility index (Phi) is 7.65. The maximum atomic E-state index is 11.7. The largest absolute Gasteiger partial charge is 0.466 e. The third-order valence-electron chi connectivity index (χ3n) is 2.35. The number of hydrogen-bond acceptors (Lipinski definition) is 2. The molecule has 0 spiro atoms. The van der Waals surface area contributed by atoms with Gasteiger partial charge in [-0.3, -0.25) is 4.79 Å². The molecule has 16 heavy (non-hydrogen) atoms. The molecule has 0 bridgehead atoms. The van der Waals surface area contributed by atoms with Crippen LogP contribution in [0.3, 0.4) is 0 Å². The molecule has 1 rings (SSSR count). The van der Waals surface area contributed by atoms with Crippen LogP contribution in [0.4, 0.5) is 0 Å². The highest BCUT2D eigenvalue weighted by molar-refractivity contribution is 5.85. The Hall–Kier alpha value is -1.02. The van der Waals surface area contributed by atoms with Gasteiger partial charge in [-0.05, 0) is 18.9 Å². The number of rotatable bonds is 5. The molecule has 2 nitrogen and oxygen atoms in total. The number of ether oxygens (including phenoxy) is 1. The topological polar surface area (TPSA) is 26.3 Å². The molecule has 0 saturated heterocycles. The summed E-state index contributed by atoms with van der Waals surface area (Å²) in [7, 11) is 0. The highest BCUT2D eigenvalue weighted by atomic mass is 35.5. The first-order chi connectivity index (χ1) is 7.29. The molecule has 0 aliphatic carbocycles. The van der Waals surface area contributed by atoms with Crippen LogP contribution in [0.5, 0.6) is 0 Å². The van der Waals surface area contributed by atoms with E-state index in [2.05, 4.69) is 6.92 Å². The van der Waals surface area contributed by atoms with Crippen LogP contribution in [0, 0.1) is 0 Å². The van der Waals surface area contributed by atoms with Crippen molar-refractivity contribution < 1.29 is 9.53 Å². The van der Waals surface area contributed by atoms with Gasteiger partial charge in [-0.25, -0.2) is 0 Å². The average molecular weight is 243 g/mol. The summed E-state index contributed by atoms with van der Waals surface area (Å²) in [6, 6.07) is 9.83. The van der Waals surface area contributed by atoms with E-state index < -0.39 is 0 Å². The van der Waals surface area contributed by atoms with Gasteiger partial charge in [0.2, 0.25) is 0 Å². The average Bonchev–Trinajstić information content (AvgIpc) is 2.27. The smallest absolute Gasteiger partial charge is 0.313 e. The summed E-state index contributed by atoms with van der Waals surface area (Å²) in [4.78, 5) is 11.7. The normalized spacial score (nSPS) is 11.4. The van der Waals surface area contributed by atoms with Gasteiger partial charge in [0.25, 0.3) is 0 Å². The second kappa shape index (κ2) is 8.17. The molecule has 90 valence electrons. The van der Waals surface area contributed by atoms with Crippen LogP contribution in [0.1, 0.15) is 38.2 Å². The van der Waals surface area contributed by atoms with Gasteiger partial charge in [0.15, 0.2) is 0 Å². The van der Waals surface area contributed by atoms with E-state index in [9.17, 15) is 4.79 Å². The van der Waals surface area contributed by atoms with Crippen LogP contribution in [0.15, 0.2) is 30.3 Å². The van der Waals surface area contributed by atoms with E-state index in [1.165, 1.54) is 0 Å². The van der Waals surface area contributed by atoms with Gasteiger partial charge in [-0.15, -0.1) is 12.4 Å². The minimum atomic E-state index is -0.106. The summed E-state index contributed by atoms with van der Waals surface area (Å²) >= 11 is 0. The number of hydrogen-bond donors (Lipinski definition) is 0. The molecule has 1 aromatic rings. The van der Waals surface area contributed by atoms with Gasteiger partial charge in [0.05, 0.1) is 12.5 Å². The molecule has 1 unspecified atom stereocenters. The maximum absolute atomic E-state index is 11.7. The lowest BCUT2D eigenvalue weighted by Crippen LogP contribution is -2.15. The molecule has 0 radical (unpaired) electrons. The number of carbonyl (C=O) groups excluding carboxylic acids is 1. The van der Waals surface area contributed by atoms with Crippen molar-refractivity contribution in [3.05, 3.63) is 35.9 Å². The molecule has 3 heteroatoms. The minimum absolute atomic E-state index is 0. The van der Waals surface area contributed by atoms with E-state index in [-0.39, 0.29) is 24.3 Å². The van der Waals surface area contributed by atoms with Gasteiger partial charge in [-0.2, -0.15) is 0 Å². The van der Waals surface area contributed by atoms with Crippen molar-refractivity contribution in [1.29, 1.82) is 0 Å². The van der Waals surface area contributed by atoms with Gasteiger partial charge in [-0.1, -0.05) is 43.7 Å². The van der Waals surface area contributed by atoms with Crippen molar-refractivity contribution in [3.63, 3.8) is 0 Å². The Morgan fingerprint density at radius 1 is 1.25 bits per heavy atom. The second-order valence-corrected chi connectivity index (χ2v) is 3.50. The van der Waals surface area contributed by atoms with Crippen molar-refractivity contribution in [2.75, 3.05) is 6.61 Å². The minimum Gasteiger partial charge on any atom is -0.466 e. The van der Waals surface area contributed by atoms with Crippen LogP contribution in [0.2, 0.25) is 0 Å². The summed E-state index contributed by atoms with van der Waals surface area (Å²) in [5.74, 6) is -0.207. The molecule has 1 aromatic carbocycles. The molecule has 0 heterocycles. The Bertz CT molecular complexity index is 298. The first-order valence-electron chi connectivity index (χ1n) is 5.51. The monoisotopic (exact) mass is 242 g/mol. The van der Waals surface area contributed by atoms with E-state index in [1.807, 2.05) is 37.3 Å². The van der Waals surface area contributed by atoms with E-state index in [0.717, 1.165) is 18.4 Å². The Morgan fingerprint density at radius 3 is 2.38 bits per heavy atom. The molecule has 0 amide bonds. The lowest BCUT2D eigenvalue weighted by molar-refractivity contribution is -0.145. The van der Waals surface area contributed by atoms with Crippen LogP contribution < -0.4 is 0 Å². The highest BCUT2D eigenvalue weighted by Gasteiger charge is 2.20. The second-order valence-electron chi connectivity index (χ2n) is 3.50. The first kappa shape index (κ1) is 15.0. The molecule has 0 aliphatic rings. The van der Waals surface area contributed by atoms with Crippen molar-refractivity contribution >= 4 is 18.4 Å². The number of esters is 1. The standard InChI is InChI=1S/C13H18O2.ClH/c1-3-8-12(13(14)15-4-2)11-9-6-5-7-10-11;/h5-7,9-10,12H,3-4,8H2,1-2H3;1H. The number of halogens is 1. The van der Waals surface area contributed by atoms with Gasteiger partial charge in [0, 0.05) is 0 Å². The summed E-state index contributed by atoms with van der Waals surface area (Å²) in [6.07, 6.45) is 1.83. The molecule has 0 fully saturated rings.